The molecule has 0 saturated carbocycles. The minimum atomic E-state index is -1.14. The standard InChI is InChI=1S/C50H30O/c1-4-16-36-31(12-1)15-11-23-39(36)48-40-19-7-9-21-42(40)49(43-22-10-8-20-41(43)48)44-30-35(28-34-14-3-5-17-37(34)44)33-25-26-46-45(29-33)50-38-18-6-2-13-32(38)24-27-47(50)51-46/h1-30H/i1D,2D,3D,4D,5D,6D,7D,8D,9D,10D,11D,12D,13D,14D,15D,16D,17D,18D,19D,20D,21D,22D,23D,24D,25D,26D,27D,28D,29D,30D. The van der Waals surface area contributed by atoms with Crippen molar-refractivity contribution < 1.29 is 45.5 Å². The molecule has 0 amide bonds. The summed E-state index contributed by atoms with van der Waals surface area (Å²) in [5.41, 5.74) is -6.29. The summed E-state index contributed by atoms with van der Waals surface area (Å²) in [7, 11) is 0. The highest BCUT2D eigenvalue weighted by Crippen LogP contribution is 2.48. The van der Waals surface area contributed by atoms with Crippen LogP contribution in [0, 0.1) is 0 Å². The Morgan fingerprint density at radius 1 is 0.314 bits per heavy atom. The van der Waals surface area contributed by atoms with Crippen LogP contribution in [0.4, 0.5) is 0 Å². The van der Waals surface area contributed by atoms with E-state index in [-0.39, 0.29) is 0 Å². The SMILES string of the molecule is [2H]c1c(-c2c([2H])c(-c3c4c([2H])c([2H])c([2H])c([2H])c4c(-c4c([2H])c([2H])c([2H])c5c([2H])c([2H])c([2H])c([2H])c45)c4c([2H])c([2H])c([2H])c([2H])c34)c3c([2H])c([2H])c([2H])c([2H])c3c2[2H])c([2H])c2c(oc3c([2H])c([2H])c4c([2H])c([2H])c([2H])c([2H])c4c32)c1[2H]. The molecule has 1 heteroatoms. The van der Waals surface area contributed by atoms with Crippen LogP contribution in [-0.4, -0.2) is 0 Å². The van der Waals surface area contributed by atoms with Crippen molar-refractivity contribution in [3.05, 3.63) is 181 Å². The van der Waals surface area contributed by atoms with Gasteiger partial charge in [0.05, 0.1) is 41.1 Å². The van der Waals surface area contributed by atoms with Gasteiger partial charge in [-0.2, -0.15) is 0 Å². The Morgan fingerprint density at radius 3 is 1.51 bits per heavy atom. The summed E-state index contributed by atoms with van der Waals surface area (Å²) in [6.45, 7) is 0. The van der Waals surface area contributed by atoms with Gasteiger partial charge in [-0.25, -0.2) is 0 Å². The van der Waals surface area contributed by atoms with Crippen LogP contribution < -0.4 is 0 Å². The summed E-state index contributed by atoms with van der Waals surface area (Å²) in [4.78, 5) is 0. The molecule has 0 saturated heterocycles. The molecule has 0 aliphatic rings. The van der Waals surface area contributed by atoms with Gasteiger partial charge in [-0.05, 0) is 117 Å². The lowest BCUT2D eigenvalue weighted by Crippen LogP contribution is -1.93. The average molecular weight is 677 g/mol. The number of fused-ring (bicyclic) bond motifs is 9. The lowest BCUT2D eigenvalue weighted by molar-refractivity contribution is 0.669. The Morgan fingerprint density at radius 2 is 0.824 bits per heavy atom. The molecule has 0 spiro atoms. The summed E-state index contributed by atoms with van der Waals surface area (Å²) in [5.74, 6) is 0. The fraction of sp³-hybridized carbons (Fsp3) is 0. The molecular formula is C50H30O. The second-order valence-electron chi connectivity index (χ2n) is 11.3. The van der Waals surface area contributed by atoms with Crippen molar-refractivity contribution in [1.29, 1.82) is 0 Å². The van der Waals surface area contributed by atoms with Crippen molar-refractivity contribution in [3.8, 4) is 33.4 Å². The molecule has 0 N–H and O–H groups in total. The van der Waals surface area contributed by atoms with E-state index in [1.165, 1.54) is 0 Å². The molecule has 1 nitrogen and oxygen atoms in total. The van der Waals surface area contributed by atoms with Crippen molar-refractivity contribution in [1.82, 2.24) is 0 Å². The van der Waals surface area contributed by atoms with Gasteiger partial charge in [0.25, 0.3) is 0 Å². The molecule has 0 atom stereocenters. The van der Waals surface area contributed by atoms with Crippen molar-refractivity contribution >= 4 is 75.8 Å². The summed E-state index contributed by atoms with van der Waals surface area (Å²) in [6, 6.07) is -28.9. The van der Waals surface area contributed by atoms with E-state index in [1.807, 2.05) is 0 Å². The quantitative estimate of drug-likeness (QED) is 0.170. The fourth-order valence-electron chi connectivity index (χ4n) is 6.45. The minimum Gasteiger partial charge on any atom is -0.456 e. The Hall–Kier alpha value is -6.70. The largest absolute Gasteiger partial charge is 0.456 e. The van der Waals surface area contributed by atoms with E-state index in [9.17, 15) is 16.4 Å². The molecule has 0 fully saturated rings. The van der Waals surface area contributed by atoms with Crippen molar-refractivity contribution in [2.75, 3.05) is 0 Å². The number of benzene rings is 10. The van der Waals surface area contributed by atoms with Gasteiger partial charge in [-0.3, -0.25) is 0 Å². The van der Waals surface area contributed by atoms with Gasteiger partial charge in [-0.1, -0.05) is 151 Å². The second kappa shape index (κ2) is 10.9. The van der Waals surface area contributed by atoms with Gasteiger partial charge in [0.1, 0.15) is 11.2 Å². The van der Waals surface area contributed by atoms with Gasteiger partial charge in [0.2, 0.25) is 0 Å². The fourth-order valence-corrected chi connectivity index (χ4v) is 6.45. The summed E-state index contributed by atoms with van der Waals surface area (Å²) >= 11 is 0. The zero-order valence-electron chi connectivity index (χ0n) is 55.4. The van der Waals surface area contributed by atoms with E-state index in [2.05, 4.69) is 0 Å². The van der Waals surface area contributed by atoms with Gasteiger partial charge < -0.3 is 4.42 Å². The van der Waals surface area contributed by atoms with E-state index in [0.717, 1.165) is 0 Å². The Bertz CT molecular complexity index is 4840. The van der Waals surface area contributed by atoms with Gasteiger partial charge >= 0.3 is 0 Å². The third-order valence-electron chi connectivity index (χ3n) is 8.57. The molecule has 0 radical (unpaired) electrons. The molecule has 51 heavy (non-hydrogen) atoms. The molecule has 236 valence electrons. The van der Waals surface area contributed by atoms with Crippen LogP contribution in [0.3, 0.4) is 0 Å². The normalized spacial score (nSPS) is 20.2. The number of rotatable bonds is 3. The number of hydrogen-bond donors (Lipinski definition) is 0. The van der Waals surface area contributed by atoms with Crippen molar-refractivity contribution in [3.63, 3.8) is 0 Å². The Balaban J connectivity index is 1.48. The van der Waals surface area contributed by atoms with Crippen molar-refractivity contribution in [2.45, 2.75) is 0 Å². The smallest absolute Gasteiger partial charge is 0.136 e. The third-order valence-corrected chi connectivity index (χ3v) is 8.57. The zero-order valence-corrected chi connectivity index (χ0v) is 25.4. The predicted molar refractivity (Wildman–Crippen MR) is 218 cm³/mol. The van der Waals surface area contributed by atoms with Crippen LogP contribution in [-0.2, 0) is 0 Å². The molecule has 1 heterocycles. The monoisotopic (exact) mass is 676 g/mol. The summed E-state index contributed by atoms with van der Waals surface area (Å²) in [5, 5.41) is -8.22. The molecule has 11 rings (SSSR count). The van der Waals surface area contributed by atoms with Crippen LogP contribution in [0.25, 0.3) is 109 Å². The molecule has 10 aromatic carbocycles. The molecule has 0 aliphatic carbocycles. The number of furan rings is 1. The zero-order chi connectivity index (χ0) is 59.6. The van der Waals surface area contributed by atoms with Crippen LogP contribution in [0.1, 0.15) is 41.1 Å². The first kappa shape index (κ1) is 11.7. The Kier molecular flexibility index (Phi) is 2.50. The Labute approximate surface area is 336 Å². The second-order valence-corrected chi connectivity index (χ2v) is 11.3. The molecule has 11 aromatic rings. The van der Waals surface area contributed by atoms with E-state index < -0.39 is 290 Å². The van der Waals surface area contributed by atoms with Crippen LogP contribution >= 0.6 is 0 Å². The molecule has 0 unspecified atom stereocenters. The van der Waals surface area contributed by atoms with Crippen LogP contribution in [0.5, 0.6) is 0 Å². The predicted octanol–water partition coefficient (Wildman–Crippen LogP) is 14.4. The van der Waals surface area contributed by atoms with Gasteiger partial charge in [0.15, 0.2) is 0 Å². The summed E-state index contributed by atoms with van der Waals surface area (Å²) in [6.07, 6.45) is 0. The first-order chi connectivity index (χ1) is 37.8. The maximum Gasteiger partial charge on any atom is 0.136 e. The highest BCUT2D eigenvalue weighted by atomic mass is 16.3. The number of hydrogen-bond acceptors (Lipinski definition) is 1. The van der Waals surface area contributed by atoms with E-state index in [1.54, 1.807) is 0 Å². The maximum atomic E-state index is 10.3. The molecule has 1 aromatic heterocycles. The lowest BCUT2D eigenvalue weighted by Gasteiger charge is -2.20. The van der Waals surface area contributed by atoms with E-state index in [4.69, 9.17) is 29.1 Å². The highest BCUT2D eigenvalue weighted by molar-refractivity contribution is 6.26. The van der Waals surface area contributed by atoms with E-state index in [0.29, 0.717) is 0 Å². The van der Waals surface area contributed by atoms with E-state index >= 15 is 0 Å². The highest BCUT2D eigenvalue weighted by Gasteiger charge is 2.20. The molecular weight excluding hydrogens is 617 g/mol. The van der Waals surface area contributed by atoms with Gasteiger partial charge in [0, 0.05) is 10.8 Å². The first-order valence-corrected chi connectivity index (χ1v) is 15.2. The summed E-state index contributed by atoms with van der Waals surface area (Å²) < 4.78 is 280. The van der Waals surface area contributed by atoms with Crippen LogP contribution in [0.15, 0.2) is 186 Å². The van der Waals surface area contributed by atoms with Gasteiger partial charge in [-0.15, -0.1) is 0 Å². The molecule has 0 aliphatic heterocycles. The van der Waals surface area contributed by atoms with Crippen LogP contribution in [0.2, 0.25) is 0 Å². The topological polar surface area (TPSA) is 13.1 Å². The lowest BCUT2D eigenvalue weighted by atomic mass is 9.83. The average Bonchev–Trinajstić information content (AvgIpc) is 3.17. The first-order valence-electron chi connectivity index (χ1n) is 30.2. The third kappa shape index (κ3) is 4.22. The maximum absolute atomic E-state index is 10.3. The molecule has 0 bridgehead atoms. The van der Waals surface area contributed by atoms with Crippen molar-refractivity contribution in [2.24, 2.45) is 0 Å². The minimum absolute atomic E-state index is 0.436.